The highest BCUT2D eigenvalue weighted by Gasteiger charge is 2.29. The van der Waals surface area contributed by atoms with Crippen LogP contribution in [0.2, 0.25) is 5.02 Å². The molecule has 1 N–H and O–H groups in total. The van der Waals surface area contributed by atoms with Gasteiger partial charge in [0.05, 0.1) is 36.2 Å². The van der Waals surface area contributed by atoms with Crippen molar-refractivity contribution in [1.82, 2.24) is 14.5 Å². The lowest BCUT2D eigenvalue weighted by atomic mass is 10.2. The van der Waals surface area contributed by atoms with E-state index in [1.54, 1.807) is 54.0 Å². The van der Waals surface area contributed by atoms with Crippen molar-refractivity contribution in [2.24, 2.45) is 5.92 Å². The fourth-order valence-corrected chi connectivity index (χ4v) is 4.58. The molecule has 0 spiro atoms. The Morgan fingerprint density at radius 2 is 1.72 bits per heavy atom. The molecule has 4 aromatic rings. The maximum atomic E-state index is 13.4. The van der Waals surface area contributed by atoms with Gasteiger partial charge in [-0.15, -0.1) is 0 Å². The lowest BCUT2D eigenvalue weighted by Crippen LogP contribution is -2.39. The highest BCUT2D eigenvalue weighted by atomic mass is 35.5. The van der Waals surface area contributed by atoms with Gasteiger partial charge in [0.15, 0.2) is 11.5 Å². The van der Waals surface area contributed by atoms with E-state index in [-0.39, 0.29) is 18.4 Å². The first kappa shape index (κ1) is 26.3. The van der Waals surface area contributed by atoms with Crippen LogP contribution in [0.4, 0.5) is 5.95 Å². The number of ether oxygens (including phenoxy) is 2. The molecule has 8 nitrogen and oxygen atoms in total. The summed E-state index contributed by atoms with van der Waals surface area (Å²) < 4.78 is 12.6. The van der Waals surface area contributed by atoms with Crippen molar-refractivity contribution in [3.63, 3.8) is 0 Å². The van der Waals surface area contributed by atoms with E-state index in [0.29, 0.717) is 46.2 Å². The molecule has 1 aliphatic rings. The Bertz CT molecular complexity index is 1480. The number of rotatable bonds is 10. The minimum Gasteiger partial charge on any atom is -0.493 e. The summed E-state index contributed by atoms with van der Waals surface area (Å²) in [5.41, 5.74) is 2.68. The fraction of sp³-hybridized carbons (Fsp3) is 0.233. The molecule has 1 aromatic heterocycles. The summed E-state index contributed by atoms with van der Waals surface area (Å²) >= 11 is 6.30. The van der Waals surface area contributed by atoms with Gasteiger partial charge in [-0.05, 0) is 43.0 Å². The molecule has 200 valence electrons. The summed E-state index contributed by atoms with van der Waals surface area (Å²) in [5, 5.41) is 3.29. The zero-order chi connectivity index (χ0) is 27.4. The minimum absolute atomic E-state index is 0.125. The smallest absolute Gasteiger partial charge is 0.255 e. The quantitative estimate of drug-likeness (QED) is 0.277. The molecule has 2 amide bonds. The van der Waals surface area contributed by atoms with Crippen LogP contribution in [-0.4, -0.2) is 53.6 Å². The van der Waals surface area contributed by atoms with Gasteiger partial charge in [-0.3, -0.25) is 19.5 Å². The molecule has 0 radical (unpaired) electrons. The molecular formula is C30H29ClN4O4. The topological polar surface area (TPSA) is 85.7 Å². The molecule has 0 bridgehead atoms. The van der Waals surface area contributed by atoms with Crippen LogP contribution in [0.25, 0.3) is 16.9 Å². The summed E-state index contributed by atoms with van der Waals surface area (Å²) in [6.45, 7) is 0.372. The van der Waals surface area contributed by atoms with E-state index in [0.717, 1.165) is 24.1 Å². The molecule has 39 heavy (non-hydrogen) atoms. The number of amides is 2. The van der Waals surface area contributed by atoms with Crippen LogP contribution >= 0.6 is 11.6 Å². The molecule has 1 saturated carbocycles. The Labute approximate surface area is 232 Å². The van der Waals surface area contributed by atoms with Crippen LogP contribution in [0.1, 0.15) is 23.2 Å². The van der Waals surface area contributed by atoms with Gasteiger partial charge in [-0.1, -0.05) is 54.1 Å². The van der Waals surface area contributed by atoms with E-state index >= 15 is 0 Å². The Balaban J connectivity index is 1.44. The van der Waals surface area contributed by atoms with Crippen LogP contribution < -0.4 is 14.8 Å². The second-order valence-electron chi connectivity index (χ2n) is 9.38. The number of nitrogens with one attached hydrogen (secondary N) is 1. The average Bonchev–Trinajstić information content (AvgIpc) is 3.69. The largest absolute Gasteiger partial charge is 0.493 e. The van der Waals surface area contributed by atoms with Crippen LogP contribution in [0.5, 0.6) is 11.5 Å². The number of benzene rings is 3. The third-order valence-corrected chi connectivity index (χ3v) is 6.90. The summed E-state index contributed by atoms with van der Waals surface area (Å²) in [4.78, 5) is 33.0. The SMILES string of the molecule is COc1ccc(-n2cc(-c3ccccc3)nc2NC(=O)CN(CC2CC2)C(=O)c2ccccc2Cl)cc1OC. The second kappa shape index (κ2) is 11.6. The maximum Gasteiger partial charge on any atom is 0.255 e. The summed E-state index contributed by atoms with van der Waals surface area (Å²) in [7, 11) is 3.14. The third kappa shape index (κ3) is 6.07. The van der Waals surface area contributed by atoms with Crippen molar-refractivity contribution in [1.29, 1.82) is 0 Å². The van der Waals surface area contributed by atoms with Gasteiger partial charge in [0, 0.05) is 24.4 Å². The number of carbonyl (C=O) groups excluding carboxylic acids is 2. The Kier molecular flexibility index (Phi) is 7.84. The number of imidazole rings is 1. The number of halogens is 1. The van der Waals surface area contributed by atoms with Crippen LogP contribution in [0.15, 0.2) is 79.0 Å². The average molecular weight is 545 g/mol. The molecule has 1 fully saturated rings. The molecule has 0 unspecified atom stereocenters. The lowest BCUT2D eigenvalue weighted by molar-refractivity contribution is -0.117. The van der Waals surface area contributed by atoms with E-state index < -0.39 is 0 Å². The Morgan fingerprint density at radius 1 is 1.00 bits per heavy atom. The number of hydrogen-bond donors (Lipinski definition) is 1. The number of carbonyl (C=O) groups is 2. The van der Waals surface area contributed by atoms with Crippen molar-refractivity contribution in [2.45, 2.75) is 12.8 Å². The lowest BCUT2D eigenvalue weighted by Gasteiger charge is -2.22. The van der Waals surface area contributed by atoms with Gasteiger partial charge < -0.3 is 14.4 Å². The van der Waals surface area contributed by atoms with Gasteiger partial charge in [-0.25, -0.2) is 4.98 Å². The fourth-order valence-electron chi connectivity index (χ4n) is 4.36. The minimum atomic E-state index is -0.358. The normalized spacial score (nSPS) is 12.6. The molecule has 1 aliphatic carbocycles. The van der Waals surface area contributed by atoms with Crippen molar-refractivity contribution in [3.05, 3.63) is 89.6 Å². The number of aromatic nitrogens is 2. The van der Waals surface area contributed by atoms with Gasteiger partial charge in [0.1, 0.15) is 6.54 Å². The van der Waals surface area contributed by atoms with Gasteiger partial charge in [0.25, 0.3) is 5.91 Å². The molecule has 0 aliphatic heterocycles. The van der Waals surface area contributed by atoms with Gasteiger partial charge in [-0.2, -0.15) is 0 Å². The van der Waals surface area contributed by atoms with Crippen LogP contribution in [0, 0.1) is 5.92 Å². The number of methoxy groups -OCH3 is 2. The Morgan fingerprint density at radius 3 is 2.41 bits per heavy atom. The van der Waals surface area contributed by atoms with Gasteiger partial charge in [0.2, 0.25) is 11.9 Å². The van der Waals surface area contributed by atoms with Crippen LogP contribution in [-0.2, 0) is 4.79 Å². The summed E-state index contributed by atoms with van der Waals surface area (Å²) in [6.07, 6.45) is 3.93. The van der Waals surface area contributed by atoms with E-state index in [1.807, 2.05) is 48.7 Å². The highest BCUT2D eigenvalue weighted by Crippen LogP contribution is 2.33. The molecular weight excluding hydrogens is 516 g/mol. The first-order chi connectivity index (χ1) is 19.0. The van der Waals surface area contributed by atoms with E-state index in [1.165, 1.54) is 0 Å². The van der Waals surface area contributed by atoms with E-state index in [2.05, 4.69) is 5.32 Å². The zero-order valence-electron chi connectivity index (χ0n) is 21.8. The number of anilines is 1. The van der Waals surface area contributed by atoms with Gasteiger partial charge >= 0.3 is 0 Å². The summed E-state index contributed by atoms with van der Waals surface area (Å²) in [5.74, 6) is 1.22. The predicted molar refractivity (Wildman–Crippen MR) is 151 cm³/mol. The first-order valence-corrected chi connectivity index (χ1v) is 13.1. The maximum absolute atomic E-state index is 13.4. The molecule has 0 atom stereocenters. The molecule has 0 saturated heterocycles. The number of hydrogen-bond acceptors (Lipinski definition) is 5. The Hall–Kier alpha value is -4.30. The molecule has 9 heteroatoms. The standard InChI is InChI=1S/C30H29ClN4O4/c1-38-26-15-14-22(16-27(26)39-2)35-18-25(21-8-4-3-5-9-21)32-30(35)33-28(36)19-34(17-20-12-13-20)29(37)23-10-6-7-11-24(23)31/h3-11,14-16,18,20H,12-13,17,19H2,1-2H3,(H,32,33,36). The molecule has 5 rings (SSSR count). The predicted octanol–water partition coefficient (Wildman–Crippen LogP) is 5.70. The first-order valence-electron chi connectivity index (χ1n) is 12.7. The van der Waals surface area contributed by atoms with Crippen molar-refractivity contribution >= 4 is 29.4 Å². The van der Waals surface area contributed by atoms with E-state index in [4.69, 9.17) is 26.1 Å². The zero-order valence-corrected chi connectivity index (χ0v) is 22.5. The highest BCUT2D eigenvalue weighted by molar-refractivity contribution is 6.33. The third-order valence-electron chi connectivity index (χ3n) is 6.57. The van der Waals surface area contributed by atoms with Crippen LogP contribution in [0.3, 0.4) is 0 Å². The van der Waals surface area contributed by atoms with Crippen molar-refractivity contribution in [3.8, 4) is 28.4 Å². The molecule has 3 aromatic carbocycles. The van der Waals surface area contributed by atoms with Crippen molar-refractivity contribution < 1.29 is 19.1 Å². The van der Waals surface area contributed by atoms with E-state index in [9.17, 15) is 9.59 Å². The second-order valence-corrected chi connectivity index (χ2v) is 9.79. The number of nitrogens with zero attached hydrogens (tertiary/aromatic N) is 3. The monoisotopic (exact) mass is 544 g/mol. The molecule has 1 heterocycles. The van der Waals surface area contributed by atoms with Crippen molar-refractivity contribution in [2.75, 3.05) is 32.6 Å². The summed E-state index contributed by atoms with van der Waals surface area (Å²) in [6, 6.07) is 22.0.